The fourth-order valence-corrected chi connectivity index (χ4v) is 2.34. The molecule has 0 N–H and O–H groups in total. The van der Waals surface area contributed by atoms with Crippen molar-refractivity contribution in [3.8, 4) is 23.6 Å². The maximum Gasteiger partial charge on any atom is 0.255 e. The van der Waals surface area contributed by atoms with Crippen molar-refractivity contribution in [2.75, 3.05) is 26.3 Å². The molecule has 102 valence electrons. The van der Waals surface area contributed by atoms with Gasteiger partial charge in [-0.2, -0.15) is 10.5 Å². The van der Waals surface area contributed by atoms with Crippen molar-refractivity contribution in [3.63, 3.8) is 0 Å². The van der Waals surface area contributed by atoms with E-state index in [1.807, 2.05) is 12.1 Å². The van der Waals surface area contributed by atoms with Crippen LogP contribution in [-0.4, -0.2) is 37.1 Å². The Morgan fingerprint density at radius 1 is 1.25 bits per heavy atom. The Hall–Kier alpha value is -2.25. The number of halogens is 1. The van der Waals surface area contributed by atoms with Gasteiger partial charge in [0.1, 0.15) is 26.3 Å². The first-order valence-electron chi connectivity index (χ1n) is 5.79. The Labute approximate surface area is 124 Å². The van der Waals surface area contributed by atoms with Crippen LogP contribution in [0.3, 0.4) is 0 Å². The molecule has 7 heteroatoms. The summed E-state index contributed by atoms with van der Waals surface area (Å²) in [7, 11) is 0. The highest BCUT2D eigenvalue weighted by Crippen LogP contribution is 2.38. The number of rotatable bonds is 3. The molecule has 0 atom stereocenters. The summed E-state index contributed by atoms with van der Waals surface area (Å²) in [6.07, 6.45) is 0. The maximum absolute atomic E-state index is 12.3. The zero-order chi connectivity index (χ0) is 14.5. The highest BCUT2D eigenvalue weighted by molar-refractivity contribution is 9.10. The van der Waals surface area contributed by atoms with Gasteiger partial charge >= 0.3 is 0 Å². The molecule has 0 bridgehead atoms. The summed E-state index contributed by atoms with van der Waals surface area (Å²) in [5.74, 6) is 0.633. The first-order valence-corrected chi connectivity index (χ1v) is 6.59. The van der Waals surface area contributed by atoms with Gasteiger partial charge in [-0.25, -0.2) is 0 Å². The van der Waals surface area contributed by atoms with Crippen LogP contribution in [0.15, 0.2) is 16.6 Å². The highest BCUT2D eigenvalue weighted by atomic mass is 79.9. The zero-order valence-corrected chi connectivity index (χ0v) is 12.0. The van der Waals surface area contributed by atoms with Crippen molar-refractivity contribution in [3.05, 3.63) is 22.2 Å². The van der Waals surface area contributed by atoms with Crippen molar-refractivity contribution >= 4 is 21.8 Å². The average Bonchev–Trinajstić information content (AvgIpc) is 2.46. The number of amides is 1. The van der Waals surface area contributed by atoms with Crippen molar-refractivity contribution in [2.45, 2.75) is 0 Å². The standard InChI is InChI=1S/C13H10BrN3O3/c14-10-7-9(8-11-12(10)20-6-5-19-11)13(18)17(3-1-15)4-2-16/h7-8H,3-6H2. The minimum absolute atomic E-state index is 0.140. The highest BCUT2D eigenvalue weighted by Gasteiger charge is 2.22. The summed E-state index contributed by atoms with van der Waals surface area (Å²) in [5.41, 5.74) is 0.339. The third kappa shape index (κ3) is 2.84. The SMILES string of the molecule is N#CCN(CC#N)C(=O)c1cc(Br)c2c(c1)OCCO2. The van der Waals surface area contributed by atoms with Gasteiger partial charge in [0, 0.05) is 5.56 Å². The Bertz CT molecular complexity index is 603. The number of ether oxygens (including phenoxy) is 2. The van der Waals surface area contributed by atoms with Gasteiger partial charge in [-0.1, -0.05) is 0 Å². The molecule has 2 rings (SSSR count). The van der Waals surface area contributed by atoms with E-state index in [0.29, 0.717) is 34.7 Å². The Balaban J connectivity index is 2.33. The first-order chi connectivity index (χ1) is 9.67. The second-order valence-corrected chi connectivity index (χ2v) is 4.81. The summed E-state index contributed by atoms with van der Waals surface area (Å²) in [6.45, 7) is 0.585. The largest absolute Gasteiger partial charge is 0.486 e. The maximum atomic E-state index is 12.3. The van der Waals surface area contributed by atoms with E-state index >= 15 is 0 Å². The lowest BCUT2D eigenvalue weighted by molar-refractivity contribution is 0.0793. The monoisotopic (exact) mass is 335 g/mol. The molecule has 1 aromatic rings. The fourth-order valence-electron chi connectivity index (χ4n) is 1.79. The van der Waals surface area contributed by atoms with Crippen LogP contribution >= 0.6 is 15.9 Å². The molecule has 0 radical (unpaired) electrons. The van der Waals surface area contributed by atoms with Gasteiger partial charge in [0.15, 0.2) is 11.5 Å². The van der Waals surface area contributed by atoms with Gasteiger partial charge in [-0.15, -0.1) is 0 Å². The Morgan fingerprint density at radius 2 is 1.90 bits per heavy atom. The van der Waals surface area contributed by atoms with Gasteiger partial charge < -0.3 is 14.4 Å². The molecule has 1 amide bonds. The zero-order valence-electron chi connectivity index (χ0n) is 10.4. The van der Waals surface area contributed by atoms with Crippen molar-refractivity contribution in [2.24, 2.45) is 0 Å². The summed E-state index contributed by atoms with van der Waals surface area (Å²) in [6, 6.07) is 6.89. The van der Waals surface area contributed by atoms with E-state index in [-0.39, 0.29) is 13.1 Å². The fraction of sp³-hybridized carbons (Fsp3) is 0.308. The second kappa shape index (κ2) is 6.27. The number of fused-ring (bicyclic) bond motifs is 1. The van der Waals surface area contributed by atoms with Crippen LogP contribution < -0.4 is 9.47 Å². The van der Waals surface area contributed by atoms with E-state index in [4.69, 9.17) is 20.0 Å². The third-order valence-corrected chi connectivity index (χ3v) is 3.24. The molecule has 0 aliphatic carbocycles. The van der Waals surface area contributed by atoms with Crippen LogP contribution in [0.5, 0.6) is 11.5 Å². The quantitative estimate of drug-likeness (QED) is 0.785. The molecular formula is C13H10BrN3O3. The van der Waals surface area contributed by atoms with E-state index in [1.165, 1.54) is 0 Å². The number of carbonyl (C=O) groups excluding carboxylic acids is 1. The van der Waals surface area contributed by atoms with Crippen molar-refractivity contribution in [1.82, 2.24) is 4.90 Å². The molecule has 0 fully saturated rings. The predicted octanol–water partition coefficient (Wildman–Crippen LogP) is 1.71. The molecule has 20 heavy (non-hydrogen) atoms. The van der Waals surface area contributed by atoms with E-state index in [1.54, 1.807) is 12.1 Å². The molecule has 0 aromatic heterocycles. The molecule has 0 saturated heterocycles. The van der Waals surface area contributed by atoms with E-state index in [2.05, 4.69) is 15.9 Å². The van der Waals surface area contributed by atoms with Gasteiger partial charge in [-0.3, -0.25) is 4.79 Å². The van der Waals surface area contributed by atoms with Crippen LogP contribution in [0.4, 0.5) is 0 Å². The molecule has 6 nitrogen and oxygen atoms in total. The number of carbonyl (C=O) groups is 1. The van der Waals surface area contributed by atoms with E-state index < -0.39 is 5.91 Å². The number of nitriles is 2. The second-order valence-electron chi connectivity index (χ2n) is 3.96. The summed E-state index contributed by atoms with van der Waals surface area (Å²) < 4.78 is 11.5. The van der Waals surface area contributed by atoms with Crippen molar-refractivity contribution in [1.29, 1.82) is 10.5 Å². The average molecular weight is 336 g/mol. The van der Waals surface area contributed by atoms with Gasteiger partial charge in [0.2, 0.25) is 0 Å². The number of hydrogen-bond acceptors (Lipinski definition) is 5. The lowest BCUT2D eigenvalue weighted by atomic mass is 10.1. The normalized spacial score (nSPS) is 12.2. The van der Waals surface area contributed by atoms with Crippen LogP contribution in [0.25, 0.3) is 0 Å². The van der Waals surface area contributed by atoms with E-state index in [0.717, 1.165) is 4.90 Å². The Kier molecular flexibility index (Phi) is 4.44. The lowest BCUT2D eigenvalue weighted by Crippen LogP contribution is -2.32. The third-order valence-electron chi connectivity index (χ3n) is 2.65. The van der Waals surface area contributed by atoms with Crippen LogP contribution in [0, 0.1) is 22.7 Å². The minimum Gasteiger partial charge on any atom is -0.486 e. The van der Waals surface area contributed by atoms with Crippen LogP contribution in [0.1, 0.15) is 10.4 Å². The molecule has 0 spiro atoms. The van der Waals surface area contributed by atoms with E-state index in [9.17, 15) is 4.79 Å². The Morgan fingerprint density at radius 3 is 2.55 bits per heavy atom. The number of nitrogens with zero attached hydrogens (tertiary/aromatic N) is 3. The summed E-state index contributed by atoms with van der Waals surface area (Å²) in [4.78, 5) is 13.4. The predicted molar refractivity (Wildman–Crippen MR) is 72.3 cm³/mol. The molecule has 1 aliphatic rings. The van der Waals surface area contributed by atoms with Gasteiger partial charge in [0.05, 0.1) is 16.6 Å². The van der Waals surface area contributed by atoms with Crippen LogP contribution in [0.2, 0.25) is 0 Å². The lowest BCUT2D eigenvalue weighted by Gasteiger charge is -2.21. The topological polar surface area (TPSA) is 86.4 Å². The molecule has 0 saturated carbocycles. The molecule has 1 aromatic carbocycles. The summed E-state index contributed by atoms with van der Waals surface area (Å²) >= 11 is 3.32. The van der Waals surface area contributed by atoms with Crippen molar-refractivity contribution < 1.29 is 14.3 Å². The minimum atomic E-state index is -0.397. The first kappa shape index (κ1) is 14.2. The van der Waals surface area contributed by atoms with Gasteiger partial charge in [0.25, 0.3) is 5.91 Å². The number of benzene rings is 1. The molecule has 0 unspecified atom stereocenters. The number of hydrogen-bond donors (Lipinski definition) is 0. The summed E-state index contributed by atoms with van der Waals surface area (Å²) in [5, 5.41) is 17.4. The van der Waals surface area contributed by atoms with Crippen LogP contribution in [-0.2, 0) is 0 Å². The smallest absolute Gasteiger partial charge is 0.255 e. The molecular weight excluding hydrogens is 326 g/mol. The molecule has 1 aliphatic heterocycles. The molecule has 1 heterocycles. The van der Waals surface area contributed by atoms with Gasteiger partial charge in [-0.05, 0) is 28.1 Å².